The summed E-state index contributed by atoms with van der Waals surface area (Å²) in [6, 6.07) is 16.6. The molecule has 3 aromatic rings. The van der Waals surface area contributed by atoms with Crippen molar-refractivity contribution in [1.82, 2.24) is 9.19 Å². The van der Waals surface area contributed by atoms with Crippen LogP contribution >= 0.6 is 0 Å². The van der Waals surface area contributed by atoms with Gasteiger partial charge in [0.15, 0.2) is 5.82 Å². The van der Waals surface area contributed by atoms with Gasteiger partial charge < -0.3 is 5.73 Å². The molecule has 0 aliphatic heterocycles. The van der Waals surface area contributed by atoms with Crippen molar-refractivity contribution >= 4 is 15.8 Å². The van der Waals surface area contributed by atoms with Gasteiger partial charge in [0.1, 0.15) is 0 Å². The zero-order valence-electron chi connectivity index (χ0n) is 15.1. The van der Waals surface area contributed by atoms with Crippen LogP contribution < -0.4 is 5.73 Å². The Kier molecular flexibility index (Phi) is 4.74. The van der Waals surface area contributed by atoms with E-state index in [1.807, 2.05) is 42.5 Å². The average molecular weight is 382 g/mol. The summed E-state index contributed by atoms with van der Waals surface area (Å²) in [6.07, 6.45) is 7.64. The summed E-state index contributed by atoms with van der Waals surface area (Å²) in [5.74, 6) is 0.740. The van der Waals surface area contributed by atoms with Crippen molar-refractivity contribution in [2.24, 2.45) is 0 Å². The van der Waals surface area contributed by atoms with Gasteiger partial charge in [0.25, 0.3) is 10.0 Å². The molecule has 1 fully saturated rings. The van der Waals surface area contributed by atoms with E-state index in [-0.39, 0.29) is 10.7 Å². The maximum absolute atomic E-state index is 13.0. The second-order valence-electron chi connectivity index (χ2n) is 7.08. The van der Waals surface area contributed by atoms with Crippen molar-refractivity contribution in [3.05, 3.63) is 66.4 Å². The fraction of sp³-hybridized carbons (Fsp3) is 0.286. The van der Waals surface area contributed by atoms with E-state index >= 15 is 0 Å². The van der Waals surface area contributed by atoms with Gasteiger partial charge in [0.2, 0.25) is 0 Å². The molecule has 4 rings (SSSR count). The van der Waals surface area contributed by atoms with E-state index in [4.69, 9.17) is 5.73 Å². The van der Waals surface area contributed by atoms with Crippen molar-refractivity contribution in [3.63, 3.8) is 0 Å². The van der Waals surface area contributed by atoms with Crippen LogP contribution in [0.2, 0.25) is 0 Å². The summed E-state index contributed by atoms with van der Waals surface area (Å²) in [5, 5.41) is 4.05. The third-order valence-corrected chi connectivity index (χ3v) is 6.85. The molecule has 0 saturated heterocycles. The number of nitrogen functional groups attached to an aromatic ring is 1. The third kappa shape index (κ3) is 3.49. The number of hydrogen-bond acceptors (Lipinski definition) is 4. The number of anilines is 1. The highest BCUT2D eigenvalue weighted by Gasteiger charge is 2.22. The number of rotatable bonds is 4. The molecule has 27 heavy (non-hydrogen) atoms. The number of nitrogens with zero attached hydrogens (tertiary/aromatic N) is 2. The summed E-state index contributed by atoms with van der Waals surface area (Å²) < 4.78 is 26.9. The molecular weight excluding hydrogens is 358 g/mol. The Hall–Kier alpha value is -2.60. The standard InChI is InChI=1S/C21H23N3O2S/c22-21-20(18-9-5-2-6-10-18)15-24(23-21)27(25,26)19-13-11-17(12-14-19)16-7-3-1-4-8-16/h2,5-6,9-16H,1,3-4,7-8H2,(H2,22,23). The second-order valence-corrected chi connectivity index (χ2v) is 8.87. The van der Waals surface area contributed by atoms with Gasteiger partial charge in [0, 0.05) is 5.56 Å². The van der Waals surface area contributed by atoms with E-state index in [1.165, 1.54) is 43.9 Å². The average Bonchev–Trinajstić information content (AvgIpc) is 3.12. The van der Waals surface area contributed by atoms with E-state index in [0.29, 0.717) is 11.5 Å². The Morgan fingerprint density at radius 2 is 1.59 bits per heavy atom. The third-order valence-electron chi connectivity index (χ3n) is 5.31. The minimum absolute atomic E-state index is 0.198. The van der Waals surface area contributed by atoms with Crippen molar-refractivity contribution in [2.75, 3.05) is 5.73 Å². The number of hydrogen-bond donors (Lipinski definition) is 1. The fourth-order valence-electron chi connectivity index (χ4n) is 3.78. The van der Waals surface area contributed by atoms with Gasteiger partial charge in [-0.1, -0.05) is 61.7 Å². The molecule has 0 spiro atoms. The monoisotopic (exact) mass is 381 g/mol. The normalized spacial score (nSPS) is 15.7. The van der Waals surface area contributed by atoms with Crippen LogP contribution in [0.3, 0.4) is 0 Å². The minimum atomic E-state index is -3.77. The lowest BCUT2D eigenvalue weighted by atomic mass is 9.84. The molecule has 2 N–H and O–H groups in total. The summed E-state index contributed by atoms with van der Waals surface area (Å²) in [4.78, 5) is 0.226. The molecular formula is C21H23N3O2S. The highest BCUT2D eigenvalue weighted by Crippen LogP contribution is 2.33. The Morgan fingerprint density at radius 3 is 2.26 bits per heavy atom. The fourth-order valence-corrected chi connectivity index (χ4v) is 4.92. The molecule has 1 saturated carbocycles. The van der Waals surface area contributed by atoms with Crippen molar-refractivity contribution in [3.8, 4) is 11.1 Å². The summed E-state index contributed by atoms with van der Waals surface area (Å²) in [7, 11) is -3.77. The number of nitrogens with two attached hydrogens (primary N) is 1. The quantitative estimate of drug-likeness (QED) is 0.726. The summed E-state index contributed by atoms with van der Waals surface area (Å²) in [5.41, 5.74) is 8.64. The zero-order valence-corrected chi connectivity index (χ0v) is 15.9. The SMILES string of the molecule is Nc1nn(S(=O)(=O)c2ccc(C3CCCCC3)cc2)cc1-c1ccccc1. The topological polar surface area (TPSA) is 78.0 Å². The molecule has 0 radical (unpaired) electrons. The molecule has 0 bridgehead atoms. The van der Waals surface area contributed by atoms with Crippen LogP contribution in [0.5, 0.6) is 0 Å². The van der Waals surface area contributed by atoms with Crippen molar-refractivity contribution < 1.29 is 8.42 Å². The molecule has 5 nitrogen and oxygen atoms in total. The molecule has 140 valence electrons. The first-order valence-electron chi connectivity index (χ1n) is 9.32. The molecule has 6 heteroatoms. The van der Waals surface area contributed by atoms with Gasteiger partial charge in [-0.3, -0.25) is 0 Å². The lowest BCUT2D eigenvalue weighted by Crippen LogP contribution is -2.14. The van der Waals surface area contributed by atoms with Crippen LogP contribution in [0.1, 0.15) is 43.6 Å². The van der Waals surface area contributed by atoms with Gasteiger partial charge >= 0.3 is 0 Å². The number of benzene rings is 2. The van der Waals surface area contributed by atoms with Gasteiger partial charge in [-0.05, 0) is 42.0 Å². The van der Waals surface area contributed by atoms with Crippen molar-refractivity contribution in [2.45, 2.75) is 42.9 Å². The lowest BCUT2D eigenvalue weighted by molar-refractivity contribution is 0.443. The smallest absolute Gasteiger partial charge is 0.283 e. The number of aromatic nitrogens is 2. The van der Waals surface area contributed by atoms with Gasteiger partial charge in [-0.25, -0.2) is 0 Å². The Labute approximate surface area is 159 Å². The first-order chi connectivity index (χ1) is 13.1. The van der Waals surface area contributed by atoms with Gasteiger partial charge in [0.05, 0.1) is 11.1 Å². The molecule has 0 amide bonds. The molecule has 1 aliphatic rings. The first kappa shape index (κ1) is 17.8. The molecule has 0 unspecified atom stereocenters. The van der Waals surface area contributed by atoms with Crippen LogP contribution in [0, 0.1) is 0 Å². The molecule has 1 aliphatic carbocycles. The summed E-state index contributed by atoms with van der Waals surface area (Å²) in [6.45, 7) is 0. The van der Waals surface area contributed by atoms with Crippen LogP contribution in [-0.2, 0) is 10.0 Å². The van der Waals surface area contributed by atoms with E-state index in [2.05, 4.69) is 5.10 Å². The molecule has 2 aromatic carbocycles. The first-order valence-corrected chi connectivity index (χ1v) is 10.8. The maximum Gasteiger partial charge on any atom is 0.283 e. The highest BCUT2D eigenvalue weighted by atomic mass is 32.2. The van der Waals surface area contributed by atoms with Gasteiger partial charge in [-0.15, -0.1) is 5.10 Å². The van der Waals surface area contributed by atoms with Crippen LogP contribution in [0.15, 0.2) is 65.7 Å². The minimum Gasteiger partial charge on any atom is -0.382 e. The predicted octanol–water partition coefficient (Wildman–Crippen LogP) is 4.42. The second kappa shape index (κ2) is 7.19. The molecule has 0 atom stereocenters. The van der Waals surface area contributed by atoms with E-state index < -0.39 is 10.0 Å². The molecule has 1 heterocycles. The highest BCUT2D eigenvalue weighted by molar-refractivity contribution is 7.89. The van der Waals surface area contributed by atoms with E-state index in [1.54, 1.807) is 12.1 Å². The predicted molar refractivity (Wildman–Crippen MR) is 107 cm³/mol. The maximum atomic E-state index is 13.0. The van der Waals surface area contributed by atoms with E-state index in [9.17, 15) is 8.42 Å². The van der Waals surface area contributed by atoms with E-state index in [0.717, 1.165) is 9.65 Å². The van der Waals surface area contributed by atoms with Crippen molar-refractivity contribution in [1.29, 1.82) is 0 Å². The molecule has 1 aromatic heterocycles. The van der Waals surface area contributed by atoms with Crippen LogP contribution in [0.4, 0.5) is 5.82 Å². The Bertz CT molecular complexity index is 1020. The lowest BCUT2D eigenvalue weighted by Gasteiger charge is -2.22. The Morgan fingerprint density at radius 1 is 0.926 bits per heavy atom. The van der Waals surface area contributed by atoms with Crippen LogP contribution in [0.25, 0.3) is 11.1 Å². The van der Waals surface area contributed by atoms with Gasteiger partial charge in [-0.2, -0.15) is 12.5 Å². The largest absolute Gasteiger partial charge is 0.382 e. The van der Waals surface area contributed by atoms with Crippen LogP contribution in [-0.4, -0.2) is 17.6 Å². The Balaban J connectivity index is 1.64. The summed E-state index contributed by atoms with van der Waals surface area (Å²) >= 11 is 0. The zero-order chi connectivity index (χ0) is 18.9.